The molecule has 86 valence electrons. The van der Waals surface area contributed by atoms with E-state index in [1.165, 1.54) is 5.30 Å². The smallest absolute Gasteiger partial charge is 0.0991 e. The Labute approximate surface area is 103 Å². The lowest BCUT2D eigenvalue weighted by Crippen LogP contribution is -2.19. The standard InChI is InChI=1S/C13H18NPS/c1-10(2)15(16,11(3)4)13-7-5-12(9-14)6-8-13/h5-8,10-11H,1-4H3. The van der Waals surface area contributed by atoms with E-state index in [-0.39, 0.29) is 0 Å². The van der Waals surface area contributed by atoms with Gasteiger partial charge >= 0.3 is 0 Å². The first-order valence-electron chi connectivity index (χ1n) is 5.53. The molecule has 0 bridgehead atoms. The highest BCUT2D eigenvalue weighted by molar-refractivity contribution is 8.18. The summed E-state index contributed by atoms with van der Waals surface area (Å²) in [6.45, 7) is 8.83. The van der Waals surface area contributed by atoms with Gasteiger partial charge in [0, 0.05) is 0 Å². The van der Waals surface area contributed by atoms with Gasteiger partial charge in [-0.3, -0.25) is 0 Å². The Hall–Kier alpha value is -0.640. The summed E-state index contributed by atoms with van der Waals surface area (Å²) in [4.78, 5) is 0. The van der Waals surface area contributed by atoms with Gasteiger partial charge in [-0.15, -0.1) is 0 Å². The minimum atomic E-state index is -1.52. The summed E-state index contributed by atoms with van der Waals surface area (Å²) in [6, 6.07) is 8.45. The highest BCUT2D eigenvalue weighted by Gasteiger charge is 2.27. The van der Waals surface area contributed by atoms with E-state index in [0.717, 1.165) is 0 Å². The average molecular weight is 251 g/mol. The van der Waals surface area contributed by atoms with Crippen LogP contribution in [0.25, 0.3) is 0 Å². The molecule has 0 amide bonds. The van der Waals surface area contributed by atoms with Gasteiger partial charge in [-0.2, -0.15) is 5.26 Å². The van der Waals surface area contributed by atoms with Crippen molar-refractivity contribution in [1.29, 1.82) is 5.26 Å². The van der Waals surface area contributed by atoms with Gasteiger partial charge in [0.05, 0.1) is 11.6 Å². The molecule has 0 radical (unpaired) electrons. The summed E-state index contributed by atoms with van der Waals surface area (Å²) in [6.07, 6.45) is 0. The molecule has 0 saturated carbocycles. The maximum absolute atomic E-state index is 8.78. The third-order valence-corrected chi connectivity index (χ3v) is 10.3. The van der Waals surface area contributed by atoms with Crippen LogP contribution in [-0.2, 0) is 11.8 Å². The lowest BCUT2D eigenvalue weighted by molar-refractivity contribution is 1.02. The SMILES string of the molecule is CC(C)P(=S)(c1ccc(C#N)cc1)C(C)C. The quantitative estimate of drug-likeness (QED) is 0.768. The summed E-state index contributed by atoms with van der Waals surface area (Å²) in [5.41, 5.74) is 1.73. The van der Waals surface area contributed by atoms with Crippen molar-refractivity contribution in [1.82, 2.24) is 0 Å². The van der Waals surface area contributed by atoms with E-state index in [0.29, 0.717) is 16.9 Å². The molecule has 0 unspecified atom stereocenters. The van der Waals surface area contributed by atoms with E-state index in [4.69, 9.17) is 17.1 Å². The normalized spacial score (nSPS) is 11.8. The van der Waals surface area contributed by atoms with Gasteiger partial charge in [-0.05, 0) is 34.8 Å². The number of hydrogen-bond donors (Lipinski definition) is 0. The van der Waals surface area contributed by atoms with Crippen LogP contribution in [0.3, 0.4) is 0 Å². The number of nitrogens with zero attached hydrogens (tertiary/aromatic N) is 1. The molecule has 16 heavy (non-hydrogen) atoms. The summed E-state index contributed by atoms with van der Waals surface area (Å²) in [7, 11) is 0. The van der Waals surface area contributed by atoms with Gasteiger partial charge < -0.3 is 0 Å². The fourth-order valence-electron chi connectivity index (χ4n) is 1.96. The van der Waals surface area contributed by atoms with E-state index in [1.54, 1.807) is 0 Å². The monoisotopic (exact) mass is 251 g/mol. The summed E-state index contributed by atoms with van der Waals surface area (Å²) < 4.78 is 0. The largest absolute Gasteiger partial charge is 0.192 e. The van der Waals surface area contributed by atoms with Crippen LogP contribution in [0.4, 0.5) is 0 Å². The van der Waals surface area contributed by atoms with Gasteiger partial charge in [0.2, 0.25) is 0 Å². The first kappa shape index (κ1) is 13.4. The molecule has 1 aromatic rings. The predicted octanol–water partition coefficient (Wildman–Crippen LogP) is 3.48. The molecule has 1 aromatic carbocycles. The van der Waals surface area contributed by atoms with Crippen molar-refractivity contribution in [2.45, 2.75) is 39.0 Å². The molecule has 0 saturated heterocycles. The van der Waals surface area contributed by atoms with Crippen molar-refractivity contribution in [3.63, 3.8) is 0 Å². The second kappa shape index (κ2) is 5.13. The number of hydrogen-bond acceptors (Lipinski definition) is 2. The molecule has 1 nitrogen and oxygen atoms in total. The molecule has 0 aliphatic heterocycles. The van der Waals surface area contributed by atoms with Gasteiger partial charge in [0.1, 0.15) is 0 Å². The van der Waals surface area contributed by atoms with Crippen LogP contribution in [0.15, 0.2) is 24.3 Å². The second-order valence-corrected chi connectivity index (χ2v) is 10.4. The second-order valence-electron chi connectivity index (χ2n) is 4.56. The molecule has 1 rings (SSSR count). The van der Waals surface area contributed by atoms with Crippen LogP contribution in [-0.4, -0.2) is 11.3 Å². The van der Waals surface area contributed by atoms with Crippen molar-refractivity contribution in [2.75, 3.05) is 0 Å². The Balaban J connectivity index is 3.24. The summed E-state index contributed by atoms with van der Waals surface area (Å²) in [5, 5.41) is 10.0. The van der Waals surface area contributed by atoms with Crippen LogP contribution in [0.5, 0.6) is 0 Å². The Kier molecular flexibility index (Phi) is 4.30. The predicted molar refractivity (Wildman–Crippen MR) is 75.3 cm³/mol. The fourth-order valence-corrected chi connectivity index (χ4v) is 5.33. The van der Waals surface area contributed by atoms with Crippen LogP contribution in [0, 0.1) is 11.3 Å². The van der Waals surface area contributed by atoms with E-state index in [9.17, 15) is 0 Å². The molecule has 0 N–H and O–H groups in total. The molecule has 0 aromatic heterocycles. The van der Waals surface area contributed by atoms with E-state index >= 15 is 0 Å². The van der Waals surface area contributed by atoms with Gasteiger partial charge in [0.25, 0.3) is 0 Å². The molecular weight excluding hydrogens is 233 g/mol. The third kappa shape index (κ3) is 2.37. The van der Waals surface area contributed by atoms with Crippen LogP contribution < -0.4 is 5.30 Å². The topological polar surface area (TPSA) is 23.8 Å². The maximum atomic E-state index is 8.78. The Morgan fingerprint density at radius 2 is 1.50 bits per heavy atom. The van der Waals surface area contributed by atoms with Crippen molar-refractivity contribution in [3.8, 4) is 6.07 Å². The van der Waals surface area contributed by atoms with Crippen molar-refractivity contribution in [3.05, 3.63) is 29.8 Å². The Bertz CT molecular complexity index is 428. The van der Waals surface area contributed by atoms with Crippen molar-refractivity contribution >= 4 is 23.1 Å². The zero-order valence-corrected chi connectivity index (χ0v) is 12.0. The van der Waals surface area contributed by atoms with Crippen molar-refractivity contribution in [2.24, 2.45) is 0 Å². The fraction of sp³-hybridized carbons (Fsp3) is 0.462. The number of nitriles is 1. The van der Waals surface area contributed by atoms with Gasteiger partial charge in [0.15, 0.2) is 0 Å². The van der Waals surface area contributed by atoms with E-state index in [1.807, 2.05) is 24.3 Å². The van der Waals surface area contributed by atoms with Crippen LogP contribution in [0.2, 0.25) is 0 Å². The molecular formula is C13H18NPS. The molecule has 0 heterocycles. The zero-order valence-electron chi connectivity index (χ0n) is 10.3. The minimum absolute atomic E-state index is 0.510. The molecule has 3 heteroatoms. The highest BCUT2D eigenvalue weighted by Crippen LogP contribution is 2.54. The first-order valence-corrected chi connectivity index (χ1v) is 8.47. The molecule has 0 aliphatic rings. The Morgan fingerprint density at radius 3 is 1.81 bits per heavy atom. The lowest BCUT2D eigenvalue weighted by Gasteiger charge is -2.30. The van der Waals surface area contributed by atoms with Crippen molar-refractivity contribution < 1.29 is 0 Å². The van der Waals surface area contributed by atoms with Gasteiger partial charge in [-0.1, -0.05) is 51.6 Å². The lowest BCUT2D eigenvalue weighted by atomic mass is 10.2. The third-order valence-electron chi connectivity index (χ3n) is 2.93. The molecule has 0 fully saturated rings. The molecule has 0 atom stereocenters. The molecule has 0 spiro atoms. The minimum Gasteiger partial charge on any atom is -0.192 e. The van der Waals surface area contributed by atoms with E-state index in [2.05, 4.69) is 33.8 Å². The number of benzene rings is 1. The zero-order chi connectivity index (χ0) is 12.3. The summed E-state index contributed by atoms with van der Waals surface area (Å²) in [5.74, 6) is 0. The highest BCUT2D eigenvalue weighted by atomic mass is 32.4. The summed E-state index contributed by atoms with van der Waals surface area (Å²) >= 11 is 5.92. The first-order chi connectivity index (χ1) is 7.42. The number of rotatable bonds is 3. The van der Waals surface area contributed by atoms with Gasteiger partial charge in [-0.25, -0.2) is 0 Å². The van der Waals surface area contributed by atoms with E-state index < -0.39 is 6.04 Å². The molecule has 0 aliphatic carbocycles. The van der Waals surface area contributed by atoms with Crippen LogP contribution >= 0.6 is 6.04 Å². The maximum Gasteiger partial charge on any atom is 0.0991 e. The Morgan fingerprint density at radius 1 is 1.06 bits per heavy atom. The van der Waals surface area contributed by atoms with Crippen LogP contribution in [0.1, 0.15) is 33.3 Å². The average Bonchev–Trinajstić information content (AvgIpc) is 2.27.